The summed E-state index contributed by atoms with van der Waals surface area (Å²) in [7, 11) is -3.26. The number of nitrogens with zero attached hydrogens (tertiary/aromatic N) is 1. The summed E-state index contributed by atoms with van der Waals surface area (Å²) in [6.45, 7) is 7.48. The lowest BCUT2D eigenvalue weighted by molar-refractivity contribution is 0.0969. The second-order valence-electron chi connectivity index (χ2n) is 6.57. The Balaban J connectivity index is 1.84. The van der Waals surface area contributed by atoms with Gasteiger partial charge in [0.25, 0.3) is 0 Å². The van der Waals surface area contributed by atoms with Gasteiger partial charge in [-0.2, -0.15) is 0 Å². The van der Waals surface area contributed by atoms with Gasteiger partial charge in [0.15, 0.2) is 5.78 Å². The Labute approximate surface area is 139 Å². The molecule has 0 radical (unpaired) electrons. The Morgan fingerprint density at radius 3 is 2.57 bits per heavy atom. The van der Waals surface area contributed by atoms with Crippen LogP contribution in [-0.4, -0.2) is 50.0 Å². The van der Waals surface area contributed by atoms with Crippen molar-refractivity contribution in [2.24, 2.45) is 0 Å². The highest BCUT2D eigenvalue weighted by Crippen LogP contribution is 2.17. The largest absolute Gasteiger partial charge is 0.301 e. The highest BCUT2D eigenvalue weighted by molar-refractivity contribution is 7.90. The highest BCUT2D eigenvalue weighted by Gasteiger charge is 2.33. The number of aryl methyl sites for hydroxylation is 1. The summed E-state index contributed by atoms with van der Waals surface area (Å²) in [4.78, 5) is 14.2. The molecule has 0 aliphatic carbocycles. The van der Waals surface area contributed by atoms with Gasteiger partial charge in [0.05, 0.1) is 5.25 Å². The average Bonchev–Trinajstić information content (AvgIpc) is 2.94. The Morgan fingerprint density at radius 2 is 1.96 bits per heavy atom. The van der Waals surface area contributed by atoms with Gasteiger partial charge in [0.2, 0.25) is 10.0 Å². The van der Waals surface area contributed by atoms with Crippen LogP contribution >= 0.6 is 0 Å². The molecule has 1 aliphatic rings. The summed E-state index contributed by atoms with van der Waals surface area (Å²) in [5.74, 6) is 0.108. The lowest BCUT2D eigenvalue weighted by Gasteiger charge is -2.17. The molecule has 1 aromatic rings. The molecule has 0 spiro atoms. The van der Waals surface area contributed by atoms with Crippen molar-refractivity contribution in [1.29, 1.82) is 0 Å². The monoisotopic (exact) mass is 338 g/mol. The van der Waals surface area contributed by atoms with E-state index in [1.807, 2.05) is 45.0 Å². The first-order chi connectivity index (χ1) is 10.8. The number of carbonyl (C=O) groups excluding carboxylic acids is 1. The molecule has 0 saturated carbocycles. The van der Waals surface area contributed by atoms with E-state index in [-0.39, 0.29) is 17.1 Å². The molecule has 1 N–H and O–H groups in total. The molecule has 2 rings (SSSR count). The fourth-order valence-corrected chi connectivity index (χ4v) is 4.49. The van der Waals surface area contributed by atoms with Crippen LogP contribution < -0.4 is 4.72 Å². The number of benzene rings is 1. The summed E-state index contributed by atoms with van der Waals surface area (Å²) in [6.07, 6.45) is 1.05. The van der Waals surface area contributed by atoms with Crippen LogP contribution in [0.4, 0.5) is 0 Å². The fraction of sp³-hybridized carbons (Fsp3) is 0.588. The van der Waals surface area contributed by atoms with E-state index in [1.54, 1.807) is 0 Å². The quantitative estimate of drug-likeness (QED) is 0.772. The maximum Gasteiger partial charge on any atom is 0.216 e. The number of hydrogen-bond acceptors (Lipinski definition) is 4. The zero-order valence-electron chi connectivity index (χ0n) is 14.1. The van der Waals surface area contributed by atoms with E-state index in [4.69, 9.17) is 0 Å². The zero-order chi connectivity index (χ0) is 17.0. The first kappa shape index (κ1) is 18.1. The first-order valence-corrected chi connectivity index (χ1v) is 9.66. The summed E-state index contributed by atoms with van der Waals surface area (Å²) in [5, 5.41) is -0.376. The Bertz CT molecular complexity index is 638. The maximum absolute atomic E-state index is 12.2. The van der Waals surface area contributed by atoms with E-state index in [2.05, 4.69) is 9.62 Å². The van der Waals surface area contributed by atoms with Crippen molar-refractivity contribution in [1.82, 2.24) is 9.62 Å². The second kappa shape index (κ2) is 7.55. The van der Waals surface area contributed by atoms with Crippen LogP contribution in [0.25, 0.3) is 0 Å². The molecule has 6 heteroatoms. The molecule has 23 heavy (non-hydrogen) atoms. The third kappa shape index (κ3) is 5.12. The van der Waals surface area contributed by atoms with Crippen molar-refractivity contribution >= 4 is 15.8 Å². The van der Waals surface area contributed by atoms with Gasteiger partial charge >= 0.3 is 0 Å². The van der Waals surface area contributed by atoms with E-state index >= 15 is 0 Å². The number of likely N-dealkylation sites (tertiary alicyclic amines) is 1. The number of nitrogens with one attached hydrogen (secondary N) is 1. The third-order valence-corrected chi connectivity index (χ3v) is 6.16. The normalized spacial score (nSPS) is 19.4. The molecule has 1 heterocycles. The fourth-order valence-electron chi connectivity index (χ4n) is 2.82. The van der Waals surface area contributed by atoms with Crippen LogP contribution in [0.5, 0.6) is 0 Å². The van der Waals surface area contributed by atoms with Gasteiger partial charge in [-0.15, -0.1) is 0 Å². The van der Waals surface area contributed by atoms with Crippen molar-refractivity contribution < 1.29 is 13.2 Å². The molecule has 128 valence electrons. The molecule has 1 fully saturated rings. The van der Waals surface area contributed by atoms with Crippen LogP contribution in [-0.2, 0) is 10.0 Å². The first-order valence-electron chi connectivity index (χ1n) is 8.11. The maximum atomic E-state index is 12.2. The predicted octanol–water partition coefficient (Wildman–Crippen LogP) is 1.97. The SMILES string of the molecule is Cc1ccc(C(=O)CCN2CC[C@H](S(=O)(=O)NC(C)C)C2)cc1. The molecule has 0 amide bonds. The molecule has 1 saturated heterocycles. The van der Waals surface area contributed by atoms with Crippen LogP contribution in [0.1, 0.15) is 42.6 Å². The van der Waals surface area contributed by atoms with Gasteiger partial charge in [-0.3, -0.25) is 4.79 Å². The Morgan fingerprint density at radius 1 is 1.30 bits per heavy atom. The van der Waals surface area contributed by atoms with Gasteiger partial charge in [0.1, 0.15) is 0 Å². The zero-order valence-corrected chi connectivity index (χ0v) is 14.9. The molecular formula is C17H26N2O3S. The second-order valence-corrected chi connectivity index (χ2v) is 8.56. The lowest BCUT2D eigenvalue weighted by Crippen LogP contribution is -2.40. The lowest BCUT2D eigenvalue weighted by atomic mass is 10.1. The summed E-state index contributed by atoms with van der Waals surface area (Å²) >= 11 is 0. The van der Waals surface area contributed by atoms with E-state index < -0.39 is 10.0 Å². The molecule has 1 atom stereocenters. The summed E-state index contributed by atoms with van der Waals surface area (Å²) < 4.78 is 27.0. The molecule has 1 aliphatic heterocycles. The van der Waals surface area contributed by atoms with Crippen LogP contribution in [0.2, 0.25) is 0 Å². The molecule has 0 bridgehead atoms. The van der Waals surface area contributed by atoms with Crippen LogP contribution in [0.3, 0.4) is 0 Å². The minimum absolute atomic E-state index is 0.0860. The van der Waals surface area contributed by atoms with Gasteiger partial charge in [-0.25, -0.2) is 13.1 Å². The van der Waals surface area contributed by atoms with Crippen molar-refractivity contribution in [2.75, 3.05) is 19.6 Å². The molecule has 1 aromatic carbocycles. The average molecular weight is 338 g/mol. The topological polar surface area (TPSA) is 66.5 Å². The number of Topliss-reactive ketones (excluding diaryl/α,β-unsaturated/α-hetero) is 1. The summed E-state index contributed by atoms with van der Waals surface area (Å²) in [6, 6.07) is 7.48. The number of carbonyl (C=O) groups is 1. The van der Waals surface area contributed by atoms with Gasteiger partial charge < -0.3 is 4.90 Å². The highest BCUT2D eigenvalue weighted by atomic mass is 32.2. The van der Waals surface area contributed by atoms with Crippen molar-refractivity contribution in [3.8, 4) is 0 Å². The predicted molar refractivity (Wildman–Crippen MR) is 92.2 cm³/mol. The molecule has 0 unspecified atom stereocenters. The third-order valence-electron chi connectivity index (χ3n) is 4.10. The van der Waals surface area contributed by atoms with Gasteiger partial charge in [-0.1, -0.05) is 29.8 Å². The summed E-state index contributed by atoms with van der Waals surface area (Å²) in [5.41, 5.74) is 1.85. The number of ketones is 1. The molecule has 5 nitrogen and oxygen atoms in total. The molecular weight excluding hydrogens is 312 g/mol. The molecule has 0 aromatic heterocycles. The minimum atomic E-state index is -3.26. The number of rotatable bonds is 7. The standard InChI is InChI=1S/C17H26N2O3S/c1-13(2)18-23(21,22)16-8-10-19(12-16)11-9-17(20)15-6-4-14(3)5-7-15/h4-7,13,16,18H,8-12H2,1-3H3/t16-/m0/s1. The Hall–Kier alpha value is -1.24. The van der Waals surface area contributed by atoms with Crippen molar-refractivity contribution in [3.05, 3.63) is 35.4 Å². The van der Waals surface area contributed by atoms with Crippen molar-refractivity contribution in [2.45, 2.75) is 44.9 Å². The minimum Gasteiger partial charge on any atom is -0.301 e. The van der Waals surface area contributed by atoms with E-state index in [0.29, 0.717) is 25.9 Å². The van der Waals surface area contributed by atoms with Crippen LogP contribution in [0, 0.1) is 6.92 Å². The van der Waals surface area contributed by atoms with E-state index in [0.717, 1.165) is 17.7 Å². The van der Waals surface area contributed by atoms with Gasteiger partial charge in [-0.05, 0) is 33.7 Å². The smallest absolute Gasteiger partial charge is 0.216 e. The van der Waals surface area contributed by atoms with Crippen molar-refractivity contribution in [3.63, 3.8) is 0 Å². The van der Waals surface area contributed by atoms with Gasteiger partial charge in [0, 0.05) is 31.1 Å². The number of sulfonamides is 1. The van der Waals surface area contributed by atoms with Crippen LogP contribution in [0.15, 0.2) is 24.3 Å². The van der Waals surface area contributed by atoms with E-state index in [1.165, 1.54) is 0 Å². The van der Waals surface area contributed by atoms with E-state index in [9.17, 15) is 13.2 Å². The number of hydrogen-bond donors (Lipinski definition) is 1. The Kier molecular flexibility index (Phi) is 5.95.